The van der Waals surface area contributed by atoms with Gasteiger partial charge >= 0.3 is 0 Å². The zero-order valence-electron chi connectivity index (χ0n) is 34.2. The van der Waals surface area contributed by atoms with Crippen molar-refractivity contribution < 1.29 is 0 Å². The van der Waals surface area contributed by atoms with Crippen LogP contribution in [0, 0.1) is 26.7 Å². The third-order valence-electron chi connectivity index (χ3n) is 11.1. The molecule has 0 spiro atoms. The number of rotatable bonds is 10. The lowest BCUT2D eigenvalue weighted by Crippen LogP contribution is -2.73. The van der Waals surface area contributed by atoms with Gasteiger partial charge in [0, 0.05) is 84.6 Å². The highest BCUT2D eigenvalue weighted by atomic mass is 28.3. The second kappa shape index (κ2) is 13.8. The van der Waals surface area contributed by atoms with E-state index in [-0.39, 0.29) is 5.92 Å². The Morgan fingerprint density at radius 2 is 0.694 bits per heavy atom. The van der Waals surface area contributed by atoms with E-state index >= 15 is 0 Å². The molecule has 1 unspecified atom stereocenters. The van der Waals surface area contributed by atoms with Gasteiger partial charge in [0.25, 0.3) is 0 Å². The van der Waals surface area contributed by atoms with Crippen molar-refractivity contribution in [1.29, 1.82) is 0 Å². The van der Waals surface area contributed by atoms with Crippen LogP contribution in [0.25, 0.3) is 0 Å². The highest BCUT2D eigenvalue weighted by Gasteiger charge is 2.55. The van der Waals surface area contributed by atoms with Gasteiger partial charge in [0.1, 0.15) is 0 Å². The van der Waals surface area contributed by atoms with E-state index in [0.717, 1.165) is 0 Å². The fourth-order valence-electron chi connectivity index (χ4n) is 8.65. The lowest BCUT2D eigenvalue weighted by atomic mass is 10.1. The molecule has 0 bridgehead atoms. The first-order valence-corrected chi connectivity index (χ1v) is 19.6. The molecule has 0 saturated carbocycles. The lowest BCUT2D eigenvalue weighted by Gasteiger charge is -2.47. The predicted octanol–water partition coefficient (Wildman–Crippen LogP) is 6.32. The molecule has 49 heavy (non-hydrogen) atoms. The predicted molar refractivity (Wildman–Crippen MR) is 224 cm³/mol. The summed E-state index contributed by atoms with van der Waals surface area (Å²) in [5.41, 5.74) is 16.1. The van der Waals surface area contributed by atoms with Crippen LogP contribution in [0.4, 0.5) is 34.1 Å². The van der Waals surface area contributed by atoms with Crippen molar-refractivity contribution in [3.63, 3.8) is 0 Å². The maximum absolute atomic E-state index is 3.26. The van der Waals surface area contributed by atoms with E-state index in [1.807, 2.05) is 0 Å². The third kappa shape index (κ3) is 5.92. The molecule has 3 aromatic rings. The summed E-state index contributed by atoms with van der Waals surface area (Å²) in [5.74, 6) is 0.277. The number of benzene rings is 3. The first-order chi connectivity index (χ1) is 22.7. The molecule has 1 atom stereocenters. The molecule has 0 saturated heterocycles. The molecule has 0 heterocycles. The monoisotopic (exact) mass is 680 g/mol. The van der Waals surface area contributed by atoms with Gasteiger partial charge < -0.3 is 29.4 Å². The Hall–Kier alpha value is -3.84. The Labute approximate surface area is 300 Å². The van der Waals surface area contributed by atoms with Crippen LogP contribution in [0.3, 0.4) is 0 Å². The van der Waals surface area contributed by atoms with Crippen LogP contribution in [-0.2, 0) is 0 Å². The normalized spacial score (nSPS) is 14.9. The van der Waals surface area contributed by atoms with Crippen molar-refractivity contribution in [2.45, 2.75) is 48.5 Å². The van der Waals surface area contributed by atoms with Crippen molar-refractivity contribution in [3.8, 4) is 0 Å². The van der Waals surface area contributed by atoms with Crippen LogP contribution in [0.1, 0.15) is 44.4 Å². The van der Waals surface area contributed by atoms with Crippen LogP contribution < -0.4 is 45.0 Å². The maximum atomic E-state index is 2.48. The number of allylic oxidation sites excluding steroid dienone is 4. The standard InChI is InChI=1S/C42H64N6Si/c1-26-20-23-33(43(8)9)36(46(14)15)39(26)49(42-31(6)29(4)30(5)32(42)7,40-27(2)21-24-34(44(10)11)37(40)47(16)17)41-28(3)22-25-35(45(12)13)38(41)48(18)19/h20-25,31H,1-19H3. The average Bonchev–Trinajstić information content (AvgIpc) is 3.20. The number of hydrogen-bond acceptors (Lipinski definition) is 6. The molecular formula is C42H64N6Si. The minimum Gasteiger partial charge on any atom is -0.376 e. The highest BCUT2D eigenvalue weighted by Crippen LogP contribution is 2.47. The zero-order chi connectivity index (χ0) is 37.0. The summed E-state index contributed by atoms with van der Waals surface area (Å²) in [5, 5.41) is 6.05. The molecule has 0 radical (unpaired) electrons. The van der Waals surface area contributed by atoms with Gasteiger partial charge in [0.2, 0.25) is 0 Å². The van der Waals surface area contributed by atoms with Gasteiger partial charge in [-0.15, -0.1) is 0 Å². The van der Waals surface area contributed by atoms with Crippen LogP contribution in [-0.4, -0.2) is 92.6 Å². The number of hydrogen-bond donors (Lipinski definition) is 0. The van der Waals surface area contributed by atoms with Crippen molar-refractivity contribution in [2.75, 3.05) is 114 Å². The first-order valence-electron chi connectivity index (χ1n) is 17.6. The zero-order valence-corrected chi connectivity index (χ0v) is 35.2. The fraction of sp³-hybridized carbons (Fsp3) is 0.476. The largest absolute Gasteiger partial charge is 0.376 e. The van der Waals surface area contributed by atoms with Crippen LogP contribution in [0.5, 0.6) is 0 Å². The number of aryl methyl sites for hydroxylation is 3. The average molecular weight is 681 g/mol. The van der Waals surface area contributed by atoms with E-state index < -0.39 is 8.07 Å². The van der Waals surface area contributed by atoms with Gasteiger partial charge in [-0.1, -0.05) is 41.5 Å². The van der Waals surface area contributed by atoms with E-state index in [1.54, 1.807) is 5.20 Å². The van der Waals surface area contributed by atoms with Crippen LogP contribution >= 0.6 is 0 Å². The van der Waals surface area contributed by atoms with Crippen molar-refractivity contribution in [2.24, 2.45) is 5.92 Å². The molecule has 6 nitrogen and oxygen atoms in total. The van der Waals surface area contributed by atoms with E-state index in [0.29, 0.717) is 0 Å². The topological polar surface area (TPSA) is 19.4 Å². The van der Waals surface area contributed by atoms with Gasteiger partial charge in [0.15, 0.2) is 8.07 Å². The van der Waals surface area contributed by atoms with Gasteiger partial charge in [-0.05, 0) is 103 Å². The van der Waals surface area contributed by atoms with E-state index in [1.165, 1.54) is 83.1 Å². The molecule has 1 aliphatic rings. The Bertz CT molecular complexity index is 1640. The quantitative estimate of drug-likeness (QED) is 0.183. The summed E-state index contributed by atoms with van der Waals surface area (Å²) in [6.45, 7) is 16.7. The molecule has 0 N–H and O–H groups in total. The smallest absolute Gasteiger partial charge is 0.184 e. The number of nitrogens with zero attached hydrogens (tertiary/aromatic N) is 6. The summed E-state index contributed by atoms with van der Waals surface area (Å²) in [4.78, 5) is 14.1. The van der Waals surface area contributed by atoms with E-state index in [4.69, 9.17) is 0 Å². The van der Waals surface area contributed by atoms with Gasteiger partial charge in [-0.2, -0.15) is 0 Å². The minimum atomic E-state index is -3.26. The van der Waals surface area contributed by atoms with Gasteiger partial charge in [0.05, 0.1) is 34.1 Å². The molecule has 4 rings (SSSR count). The Kier molecular flexibility index (Phi) is 10.7. The maximum Gasteiger partial charge on any atom is 0.184 e. The molecular weight excluding hydrogens is 617 g/mol. The molecule has 1 aliphatic carbocycles. The fourth-order valence-corrected chi connectivity index (χ4v) is 16.0. The van der Waals surface area contributed by atoms with Crippen molar-refractivity contribution in [3.05, 3.63) is 75.0 Å². The lowest BCUT2D eigenvalue weighted by molar-refractivity contribution is 0.851. The second-order valence-electron chi connectivity index (χ2n) is 15.6. The molecule has 0 fully saturated rings. The van der Waals surface area contributed by atoms with Crippen molar-refractivity contribution in [1.82, 2.24) is 0 Å². The molecule has 0 aliphatic heterocycles. The van der Waals surface area contributed by atoms with Gasteiger partial charge in [-0.3, -0.25) is 0 Å². The highest BCUT2D eigenvalue weighted by molar-refractivity contribution is 7.19. The molecule has 266 valence electrons. The molecule has 0 amide bonds. The SMILES string of the molecule is CC1=C(C)C(C)C([Si](c2c(C)ccc(N(C)C)c2N(C)C)(c2c(C)ccc(N(C)C)c2N(C)C)c2c(C)ccc(N(C)C)c2N(C)C)=C1C. The summed E-state index contributed by atoms with van der Waals surface area (Å²) in [7, 11) is 23.3. The van der Waals surface area contributed by atoms with E-state index in [2.05, 4.69) is 199 Å². The summed E-state index contributed by atoms with van der Waals surface area (Å²) >= 11 is 0. The van der Waals surface area contributed by atoms with Crippen molar-refractivity contribution >= 4 is 57.8 Å². The Morgan fingerprint density at radius 3 is 0.898 bits per heavy atom. The molecule has 3 aromatic carbocycles. The van der Waals surface area contributed by atoms with Crippen LogP contribution in [0.2, 0.25) is 0 Å². The first kappa shape index (κ1) is 38.0. The van der Waals surface area contributed by atoms with Crippen LogP contribution in [0.15, 0.2) is 58.3 Å². The summed E-state index contributed by atoms with van der Waals surface area (Å²) in [6.07, 6.45) is 0. The minimum absolute atomic E-state index is 0.277. The third-order valence-corrected chi connectivity index (χ3v) is 16.8. The Balaban J connectivity index is 2.66. The molecule has 7 heteroatoms. The summed E-state index contributed by atoms with van der Waals surface area (Å²) in [6, 6.07) is 14.2. The summed E-state index contributed by atoms with van der Waals surface area (Å²) < 4.78 is 0. The molecule has 0 aromatic heterocycles. The second-order valence-corrected chi connectivity index (χ2v) is 19.1. The number of anilines is 6. The van der Waals surface area contributed by atoms with E-state index in [9.17, 15) is 0 Å². The van der Waals surface area contributed by atoms with Gasteiger partial charge in [-0.25, -0.2) is 0 Å². The Morgan fingerprint density at radius 1 is 0.408 bits per heavy atom.